The molecule has 0 amide bonds. The lowest BCUT2D eigenvalue weighted by atomic mass is 9.99. The standard InChI is InChI=1S/C21H42O2/c1-3-20(2)18-16-14-12-10-8-6-4-5-7-9-11-13-15-17-19-21(22)23/h20H,3-19H2,1-2H3,(H,22,23)/i2D3. The molecule has 0 heterocycles. The predicted molar refractivity (Wildman–Crippen MR) is 101 cm³/mol. The maximum atomic E-state index is 10.4. The Balaban J connectivity index is 3.21. The minimum absolute atomic E-state index is 0.111. The molecular formula is C21H42O2. The Bertz CT molecular complexity index is 330. The van der Waals surface area contributed by atoms with Crippen LogP contribution in [0.2, 0.25) is 0 Å². The highest BCUT2D eigenvalue weighted by molar-refractivity contribution is 5.66. The molecule has 0 spiro atoms. The normalized spacial score (nSPS) is 14.9. The summed E-state index contributed by atoms with van der Waals surface area (Å²) < 4.78 is 22.5. The lowest BCUT2D eigenvalue weighted by Crippen LogP contribution is -1.93. The van der Waals surface area contributed by atoms with Gasteiger partial charge < -0.3 is 5.11 Å². The second-order valence-electron chi connectivity index (χ2n) is 6.99. The van der Waals surface area contributed by atoms with Gasteiger partial charge in [-0.2, -0.15) is 0 Å². The van der Waals surface area contributed by atoms with Gasteiger partial charge in [0.1, 0.15) is 0 Å². The van der Waals surface area contributed by atoms with Crippen LogP contribution in [-0.4, -0.2) is 11.1 Å². The second-order valence-corrected chi connectivity index (χ2v) is 6.99. The monoisotopic (exact) mass is 329 g/mol. The molecule has 138 valence electrons. The molecule has 0 aliphatic carbocycles. The number of rotatable bonds is 18. The van der Waals surface area contributed by atoms with Crippen LogP contribution in [0.4, 0.5) is 0 Å². The Hall–Kier alpha value is -0.530. The van der Waals surface area contributed by atoms with Crippen molar-refractivity contribution in [3.8, 4) is 0 Å². The molecule has 0 saturated heterocycles. The summed E-state index contributed by atoms with van der Waals surface area (Å²) in [5.41, 5.74) is 0. The molecule has 0 saturated carbocycles. The van der Waals surface area contributed by atoms with Crippen molar-refractivity contribution in [2.24, 2.45) is 5.92 Å². The Labute approximate surface area is 149 Å². The molecule has 0 aromatic rings. The van der Waals surface area contributed by atoms with Crippen molar-refractivity contribution < 1.29 is 14.0 Å². The zero-order chi connectivity index (χ0) is 19.7. The third-order valence-electron chi connectivity index (χ3n) is 4.69. The molecule has 2 nitrogen and oxygen atoms in total. The van der Waals surface area contributed by atoms with E-state index in [1.54, 1.807) is 0 Å². The quantitative estimate of drug-likeness (QED) is 0.267. The van der Waals surface area contributed by atoms with Gasteiger partial charge in [-0.3, -0.25) is 4.79 Å². The molecule has 1 N–H and O–H groups in total. The van der Waals surface area contributed by atoms with Gasteiger partial charge in [0.2, 0.25) is 0 Å². The van der Waals surface area contributed by atoms with Crippen LogP contribution in [0, 0.1) is 5.92 Å². The van der Waals surface area contributed by atoms with Crippen molar-refractivity contribution in [2.45, 2.75) is 123 Å². The van der Waals surface area contributed by atoms with Crippen molar-refractivity contribution in [1.29, 1.82) is 0 Å². The van der Waals surface area contributed by atoms with Crippen molar-refractivity contribution in [3.05, 3.63) is 0 Å². The number of carboxylic acids is 1. The Morgan fingerprint density at radius 2 is 1.17 bits per heavy atom. The highest BCUT2D eigenvalue weighted by Crippen LogP contribution is 2.16. The first-order valence-electron chi connectivity index (χ1n) is 11.6. The van der Waals surface area contributed by atoms with Gasteiger partial charge >= 0.3 is 5.97 Å². The van der Waals surface area contributed by atoms with Crippen LogP contribution in [0.3, 0.4) is 0 Å². The number of hydrogen-bond donors (Lipinski definition) is 1. The summed E-state index contributed by atoms with van der Waals surface area (Å²) in [7, 11) is 0. The number of carboxylic acid groups (broad SMARTS) is 1. The van der Waals surface area contributed by atoms with Gasteiger partial charge in [-0.05, 0) is 12.3 Å². The fourth-order valence-corrected chi connectivity index (χ4v) is 2.99. The van der Waals surface area contributed by atoms with Crippen LogP contribution in [0.1, 0.15) is 127 Å². The number of hydrogen-bond acceptors (Lipinski definition) is 1. The molecule has 0 radical (unpaired) electrons. The number of carbonyl (C=O) groups is 1. The summed E-state index contributed by atoms with van der Waals surface area (Å²) >= 11 is 0. The average Bonchev–Trinajstić information content (AvgIpc) is 2.56. The third kappa shape index (κ3) is 19.4. The van der Waals surface area contributed by atoms with Crippen molar-refractivity contribution in [3.63, 3.8) is 0 Å². The molecule has 0 aliphatic heterocycles. The van der Waals surface area contributed by atoms with Crippen LogP contribution >= 0.6 is 0 Å². The predicted octanol–water partition coefficient (Wildman–Crippen LogP) is 7.36. The van der Waals surface area contributed by atoms with Gasteiger partial charge in [-0.25, -0.2) is 0 Å². The summed E-state index contributed by atoms with van der Waals surface area (Å²) in [6.45, 7) is 0.212. The van der Waals surface area contributed by atoms with Crippen molar-refractivity contribution in [1.82, 2.24) is 0 Å². The number of unbranched alkanes of at least 4 members (excludes halogenated alkanes) is 13. The Morgan fingerprint density at radius 1 is 0.783 bits per heavy atom. The summed E-state index contributed by atoms with van der Waals surface area (Å²) in [6, 6.07) is 0. The van der Waals surface area contributed by atoms with E-state index in [2.05, 4.69) is 0 Å². The Morgan fingerprint density at radius 3 is 1.52 bits per heavy atom. The molecule has 1 atom stereocenters. The summed E-state index contributed by atoms with van der Waals surface area (Å²) in [6.07, 6.45) is 18.9. The maximum absolute atomic E-state index is 10.4. The van der Waals surface area contributed by atoms with E-state index in [0.29, 0.717) is 6.42 Å². The molecule has 23 heavy (non-hydrogen) atoms. The van der Waals surface area contributed by atoms with E-state index in [4.69, 9.17) is 9.22 Å². The summed E-state index contributed by atoms with van der Waals surface area (Å²) in [5.74, 6) is -0.787. The van der Waals surface area contributed by atoms with Gasteiger partial charge in [-0.1, -0.05) is 110 Å². The molecule has 1 unspecified atom stereocenters. The van der Waals surface area contributed by atoms with Crippen molar-refractivity contribution in [2.75, 3.05) is 0 Å². The van der Waals surface area contributed by atoms with E-state index in [9.17, 15) is 4.79 Å². The molecule has 2 heteroatoms. The second kappa shape index (κ2) is 17.8. The minimum atomic E-state index is -1.77. The smallest absolute Gasteiger partial charge is 0.303 e. The van der Waals surface area contributed by atoms with E-state index >= 15 is 0 Å². The molecule has 0 aliphatic rings. The van der Waals surface area contributed by atoms with Gasteiger partial charge in [0.25, 0.3) is 0 Å². The fourth-order valence-electron chi connectivity index (χ4n) is 2.99. The van der Waals surface area contributed by atoms with E-state index in [-0.39, 0.29) is 5.92 Å². The van der Waals surface area contributed by atoms with E-state index in [1.165, 1.54) is 70.6 Å². The molecule has 0 bridgehead atoms. The van der Waals surface area contributed by atoms with Gasteiger partial charge in [0, 0.05) is 10.5 Å². The van der Waals surface area contributed by atoms with Crippen LogP contribution in [0.5, 0.6) is 0 Å². The van der Waals surface area contributed by atoms with E-state index < -0.39 is 12.8 Å². The highest BCUT2D eigenvalue weighted by atomic mass is 16.4. The fraction of sp³-hybridized carbons (Fsp3) is 0.952. The lowest BCUT2D eigenvalue weighted by molar-refractivity contribution is -0.137. The molecule has 0 fully saturated rings. The first kappa shape index (κ1) is 17.3. The first-order valence-corrected chi connectivity index (χ1v) is 10.1. The van der Waals surface area contributed by atoms with Gasteiger partial charge in [0.05, 0.1) is 0 Å². The molecule has 0 aromatic heterocycles. The average molecular weight is 330 g/mol. The SMILES string of the molecule is [2H]C([2H])([2H])C(CC)CCCCCCCCCCCCCCCCC(=O)O. The summed E-state index contributed by atoms with van der Waals surface area (Å²) in [5, 5.41) is 8.56. The number of aliphatic carboxylic acids is 1. The van der Waals surface area contributed by atoms with Crippen LogP contribution < -0.4 is 0 Å². The van der Waals surface area contributed by atoms with E-state index in [0.717, 1.165) is 32.1 Å². The molecular weight excluding hydrogens is 284 g/mol. The topological polar surface area (TPSA) is 37.3 Å². The zero-order valence-corrected chi connectivity index (χ0v) is 15.5. The Kier molecular flexibility index (Phi) is 13.4. The maximum Gasteiger partial charge on any atom is 0.303 e. The van der Waals surface area contributed by atoms with Crippen LogP contribution in [-0.2, 0) is 4.79 Å². The van der Waals surface area contributed by atoms with E-state index in [1.807, 2.05) is 6.92 Å². The zero-order valence-electron chi connectivity index (χ0n) is 18.5. The third-order valence-corrected chi connectivity index (χ3v) is 4.69. The first-order chi connectivity index (χ1) is 12.4. The largest absolute Gasteiger partial charge is 0.481 e. The van der Waals surface area contributed by atoms with Crippen LogP contribution in [0.15, 0.2) is 0 Å². The van der Waals surface area contributed by atoms with Crippen LogP contribution in [0.25, 0.3) is 0 Å². The van der Waals surface area contributed by atoms with Gasteiger partial charge in [-0.15, -0.1) is 0 Å². The highest BCUT2D eigenvalue weighted by Gasteiger charge is 1.99. The molecule has 0 rings (SSSR count). The summed E-state index contributed by atoms with van der Waals surface area (Å²) in [4.78, 5) is 10.4. The van der Waals surface area contributed by atoms with Crippen molar-refractivity contribution >= 4 is 5.97 Å². The molecule has 0 aromatic carbocycles. The lowest BCUT2D eigenvalue weighted by Gasteiger charge is -2.07. The van der Waals surface area contributed by atoms with Gasteiger partial charge in [0.15, 0.2) is 0 Å². The minimum Gasteiger partial charge on any atom is -0.481 e.